The van der Waals surface area contributed by atoms with E-state index < -0.39 is 0 Å². The van der Waals surface area contributed by atoms with E-state index in [1.54, 1.807) is 20.3 Å². The maximum Gasteiger partial charge on any atom is 0.162 e. The summed E-state index contributed by atoms with van der Waals surface area (Å²) in [6.45, 7) is 3.22. The van der Waals surface area contributed by atoms with Crippen molar-refractivity contribution in [1.82, 2.24) is 0 Å². The summed E-state index contributed by atoms with van der Waals surface area (Å²) in [6, 6.07) is 3.70. The number of benzene rings is 1. The Bertz CT molecular complexity index is 428. The first kappa shape index (κ1) is 12.9. The summed E-state index contributed by atoms with van der Waals surface area (Å²) in [6.07, 6.45) is 3.83. The number of nitrogen functional groups attached to an aromatic ring is 1. The van der Waals surface area contributed by atoms with Gasteiger partial charge in [0, 0.05) is 18.7 Å². The molecule has 1 aromatic rings. The van der Waals surface area contributed by atoms with Crippen molar-refractivity contribution in [2.24, 2.45) is 5.41 Å². The Balaban J connectivity index is 2.12. The van der Waals surface area contributed by atoms with Crippen molar-refractivity contribution in [3.8, 4) is 11.5 Å². The zero-order valence-electron chi connectivity index (χ0n) is 11.4. The van der Waals surface area contributed by atoms with Crippen LogP contribution in [0.4, 0.5) is 11.4 Å². The molecule has 0 bridgehead atoms. The van der Waals surface area contributed by atoms with E-state index in [-0.39, 0.29) is 0 Å². The molecule has 0 aliphatic heterocycles. The van der Waals surface area contributed by atoms with Crippen LogP contribution in [0.15, 0.2) is 12.1 Å². The fourth-order valence-corrected chi connectivity index (χ4v) is 2.16. The average molecular weight is 250 g/mol. The topological polar surface area (TPSA) is 56.5 Å². The lowest BCUT2D eigenvalue weighted by Gasteiger charge is -2.17. The van der Waals surface area contributed by atoms with E-state index >= 15 is 0 Å². The normalized spacial score (nSPS) is 16.2. The number of anilines is 2. The van der Waals surface area contributed by atoms with Gasteiger partial charge >= 0.3 is 0 Å². The number of rotatable bonds is 6. The molecule has 0 amide bonds. The number of ether oxygens (including phenoxy) is 2. The second-order valence-electron chi connectivity index (χ2n) is 5.00. The summed E-state index contributed by atoms with van der Waals surface area (Å²) in [5.74, 6) is 1.37. The Morgan fingerprint density at radius 3 is 2.33 bits per heavy atom. The van der Waals surface area contributed by atoms with Crippen LogP contribution in [0, 0.1) is 5.41 Å². The minimum Gasteiger partial charge on any atom is -0.493 e. The molecule has 3 N–H and O–H groups in total. The van der Waals surface area contributed by atoms with Gasteiger partial charge in [-0.25, -0.2) is 0 Å². The van der Waals surface area contributed by atoms with Crippen molar-refractivity contribution >= 4 is 11.4 Å². The molecule has 1 aromatic carbocycles. The third kappa shape index (κ3) is 2.47. The highest BCUT2D eigenvalue weighted by Gasteiger charge is 2.40. The Morgan fingerprint density at radius 1 is 1.22 bits per heavy atom. The van der Waals surface area contributed by atoms with Crippen molar-refractivity contribution in [2.75, 3.05) is 31.8 Å². The largest absolute Gasteiger partial charge is 0.493 e. The summed E-state index contributed by atoms with van der Waals surface area (Å²) in [5, 5.41) is 3.43. The minimum atomic E-state index is 0.486. The molecule has 1 aliphatic carbocycles. The lowest BCUT2D eigenvalue weighted by molar-refractivity contribution is 0.355. The Morgan fingerprint density at radius 2 is 1.83 bits per heavy atom. The van der Waals surface area contributed by atoms with E-state index in [4.69, 9.17) is 15.2 Å². The average Bonchev–Trinajstić information content (AvgIpc) is 3.17. The van der Waals surface area contributed by atoms with Crippen molar-refractivity contribution < 1.29 is 9.47 Å². The van der Waals surface area contributed by atoms with Crippen LogP contribution in [0.5, 0.6) is 11.5 Å². The summed E-state index contributed by atoms with van der Waals surface area (Å²) in [5.41, 5.74) is 8.12. The quantitative estimate of drug-likeness (QED) is 0.762. The van der Waals surface area contributed by atoms with Gasteiger partial charge in [-0.05, 0) is 24.7 Å². The zero-order valence-corrected chi connectivity index (χ0v) is 11.4. The molecule has 4 heteroatoms. The van der Waals surface area contributed by atoms with E-state index in [0.29, 0.717) is 22.6 Å². The number of methoxy groups -OCH3 is 2. The van der Waals surface area contributed by atoms with E-state index in [1.165, 1.54) is 19.3 Å². The maximum atomic E-state index is 6.01. The predicted molar refractivity (Wildman–Crippen MR) is 74.4 cm³/mol. The number of hydrogen-bond donors (Lipinski definition) is 2. The molecule has 1 saturated carbocycles. The van der Waals surface area contributed by atoms with E-state index in [9.17, 15) is 0 Å². The first-order valence-electron chi connectivity index (χ1n) is 6.39. The molecule has 0 atom stereocenters. The van der Waals surface area contributed by atoms with Crippen LogP contribution in [-0.2, 0) is 0 Å². The van der Waals surface area contributed by atoms with Gasteiger partial charge in [-0.2, -0.15) is 0 Å². The van der Waals surface area contributed by atoms with Crippen molar-refractivity contribution in [2.45, 2.75) is 26.2 Å². The fourth-order valence-electron chi connectivity index (χ4n) is 2.16. The third-order valence-electron chi connectivity index (χ3n) is 3.92. The summed E-state index contributed by atoms with van der Waals surface area (Å²) in [4.78, 5) is 0. The SMILES string of the molecule is CCC1(CNc2cc(OC)c(OC)cc2N)CC1. The first-order chi connectivity index (χ1) is 8.64. The van der Waals surface area contributed by atoms with Crippen LogP contribution in [0.2, 0.25) is 0 Å². The molecule has 0 aromatic heterocycles. The van der Waals surface area contributed by atoms with Gasteiger partial charge in [0.15, 0.2) is 11.5 Å². The number of nitrogens with one attached hydrogen (secondary N) is 1. The molecular formula is C14H22N2O2. The molecule has 1 aliphatic rings. The van der Waals surface area contributed by atoms with Gasteiger partial charge in [0.2, 0.25) is 0 Å². The van der Waals surface area contributed by atoms with Gasteiger partial charge in [0.25, 0.3) is 0 Å². The van der Waals surface area contributed by atoms with Crippen LogP contribution < -0.4 is 20.5 Å². The van der Waals surface area contributed by atoms with Crippen LogP contribution in [-0.4, -0.2) is 20.8 Å². The second kappa shape index (κ2) is 4.96. The smallest absolute Gasteiger partial charge is 0.162 e. The van der Waals surface area contributed by atoms with Gasteiger partial charge in [-0.3, -0.25) is 0 Å². The van der Waals surface area contributed by atoms with Gasteiger partial charge in [-0.15, -0.1) is 0 Å². The number of hydrogen-bond acceptors (Lipinski definition) is 4. The van der Waals surface area contributed by atoms with Crippen LogP contribution in [0.25, 0.3) is 0 Å². The maximum absolute atomic E-state index is 6.01. The molecule has 0 heterocycles. The van der Waals surface area contributed by atoms with Gasteiger partial charge in [-0.1, -0.05) is 6.92 Å². The van der Waals surface area contributed by atoms with Crippen molar-refractivity contribution in [3.05, 3.63) is 12.1 Å². The molecule has 1 fully saturated rings. The Labute approximate surface area is 108 Å². The third-order valence-corrected chi connectivity index (χ3v) is 3.92. The summed E-state index contributed by atoms with van der Waals surface area (Å²) >= 11 is 0. The highest BCUT2D eigenvalue weighted by Crippen LogP contribution is 2.48. The standard InChI is InChI=1S/C14H22N2O2/c1-4-14(5-6-14)9-16-11-8-13(18-3)12(17-2)7-10(11)15/h7-8,16H,4-6,9,15H2,1-3H3. The molecule has 18 heavy (non-hydrogen) atoms. The van der Waals surface area contributed by atoms with Gasteiger partial charge in [0.05, 0.1) is 25.6 Å². The number of nitrogens with two attached hydrogens (primary N) is 1. The Kier molecular flexibility index (Phi) is 3.55. The van der Waals surface area contributed by atoms with Crippen molar-refractivity contribution in [3.63, 3.8) is 0 Å². The van der Waals surface area contributed by atoms with E-state index in [1.807, 2.05) is 6.07 Å². The van der Waals surface area contributed by atoms with Crippen molar-refractivity contribution in [1.29, 1.82) is 0 Å². The second-order valence-corrected chi connectivity index (χ2v) is 5.00. The molecule has 0 saturated heterocycles. The predicted octanol–water partition coefficient (Wildman–Crippen LogP) is 2.89. The van der Waals surface area contributed by atoms with Crippen LogP contribution in [0.1, 0.15) is 26.2 Å². The summed E-state index contributed by atoms with van der Waals surface area (Å²) < 4.78 is 10.5. The molecule has 0 unspecified atom stereocenters. The lowest BCUT2D eigenvalue weighted by Crippen LogP contribution is -2.15. The fraction of sp³-hybridized carbons (Fsp3) is 0.571. The lowest BCUT2D eigenvalue weighted by atomic mass is 10.0. The van der Waals surface area contributed by atoms with E-state index in [0.717, 1.165) is 12.2 Å². The highest BCUT2D eigenvalue weighted by molar-refractivity contribution is 5.72. The molecule has 100 valence electrons. The van der Waals surface area contributed by atoms with Crippen LogP contribution >= 0.6 is 0 Å². The zero-order chi connectivity index (χ0) is 13.2. The molecule has 4 nitrogen and oxygen atoms in total. The van der Waals surface area contributed by atoms with Gasteiger partial charge < -0.3 is 20.5 Å². The van der Waals surface area contributed by atoms with E-state index in [2.05, 4.69) is 12.2 Å². The molecular weight excluding hydrogens is 228 g/mol. The molecule has 2 rings (SSSR count). The first-order valence-corrected chi connectivity index (χ1v) is 6.39. The summed E-state index contributed by atoms with van der Waals surface area (Å²) in [7, 11) is 3.24. The Hall–Kier alpha value is -1.58. The van der Waals surface area contributed by atoms with Crippen LogP contribution in [0.3, 0.4) is 0 Å². The highest BCUT2D eigenvalue weighted by atomic mass is 16.5. The minimum absolute atomic E-state index is 0.486. The van der Waals surface area contributed by atoms with Gasteiger partial charge in [0.1, 0.15) is 0 Å². The monoisotopic (exact) mass is 250 g/mol. The molecule has 0 radical (unpaired) electrons. The molecule has 0 spiro atoms.